The van der Waals surface area contributed by atoms with Crippen LogP contribution in [0, 0.1) is 6.07 Å². The van der Waals surface area contributed by atoms with Gasteiger partial charge < -0.3 is 15.1 Å². The predicted molar refractivity (Wildman–Crippen MR) is 51.1 cm³/mol. The highest BCUT2D eigenvalue weighted by molar-refractivity contribution is 5.45. The van der Waals surface area contributed by atoms with E-state index in [-0.39, 0.29) is 0 Å². The van der Waals surface area contributed by atoms with Crippen LogP contribution in [0.25, 0.3) is 0 Å². The minimum atomic E-state index is -0.723. The van der Waals surface area contributed by atoms with Gasteiger partial charge in [-0.15, -0.1) is 0 Å². The lowest BCUT2D eigenvalue weighted by molar-refractivity contribution is 0.105. The predicted octanol–water partition coefficient (Wildman–Crippen LogP) is 0.970. The lowest BCUT2D eigenvalue weighted by Crippen LogP contribution is -2.40. The van der Waals surface area contributed by atoms with E-state index in [0.29, 0.717) is 5.69 Å². The highest BCUT2D eigenvalue weighted by atomic mass is 16.3. The molecule has 13 heavy (non-hydrogen) atoms. The number of rotatable bonds is 3. The molecular weight excluding hydrogens is 166 g/mol. The Morgan fingerprint density at radius 1 is 1.23 bits per heavy atom. The summed E-state index contributed by atoms with van der Waals surface area (Å²) in [6.45, 7) is 3.21. The van der Waals surface area contributed by atoms with Gasteiger partial charge in [0.25, 0.3) is 0 Å². The Labute approximate surface area is 78.2 Å². The van der Waals surface area contributed by atoms with Gasteiger partial charge in [0.2, 0.25) is 0 Å². The van der Waals surface area contributed by atoms with Gasteiger partial charge in [0.05, 0.1) is 0 Å². The Hall–Kier alpha value is -1.06. The summed E-state index contributed by atoms with van der Waals surface area (Å²) in [4.78, 5) is 1.47. The molecule has 0 aliphatic carbocycles. The van der Waals surface area contributed by atoms with Gasteiger partial charge in [0, 0.05) is 11.8 Å². The zero-order valence-electron chi connectivity index (χ0n) is 7.81. The molecule has 1 radical (unpaired) electrons. The average Bonchev–Trinajstić information content (AvgIpc) is 2.04. The molecule has 1 aromatic rings. The van der Waals surface area contributed by atoms with Crippen LogP contribution < -0.4 is 4.90 Å². The van der Waals surface area contributed by atoms with Gasteiger partial charge in [-0.2, -0.15) is 0 Å². The van der Waals surface area contributed by atoms with Crippen LogP contribution in [0.3, 0.4) is 0 Å². The van der Waals surface area contributed by atoms with Crippen LogP contribution in [0.15, 0.2) is 24.3 Å². The normalized spacial score (nSPS) is 15.1. The maximum Gasteiger partial charge on any atom is 0.126 e. The number of nitrogens with zero attached hydrogens (tertiary/aromatic N) is 1. The molecular formula is C10H14NO2. The quantitative estimate of drug-likeness (QED) is 0.681. The maximum absolute atomic E-state index is 9.38. The molecule has 71 valence electrons. The molecule has 0 fully saturated rings. The molecule has 2 atom stereocenters. The van der Waals surface area contributed by atoms with Gasteiger partial charge in [-0.3, -0.25) is 0 Å². The average molecular weight is 180 g/mol. The molecule has 0 amide bonds. The Kier molecular flexibility index (Phi) is 3.28. The fraction of sp³-hybridized carbons (Fsp3) is 0.400. The first-order valence-electron chi connectivity index (χ1n) is 4.24. The van der Waals surface area contributed by atoms with Gasteiger partial charge in [-0.05, 0) is 19.9 Å². The van der Waals surface area contributed by atoms with E-state index in [1.807, 2.05) is 12.1 Å². The summed E-state index contributed by atoms with van der Waals surface area (Å²) >= 11 is 0. The van der Waals surface area contributed by atoms with E-state index in [0.717, 1.165) is 0 Å². The van der Waals surface area contributed by atoms with E-state index in [2.05, 4.69) is 6.07 Å². The number of para-hydroxylation sites is 1. The smallest absolute Gasteiger partial charge is 0.126 e. The number of hydrogen-bond donors (Lipinski definition) is 2. The maximum atomic E-state index is 9.38. The molecule has 0 aromatic heterocycles. The Bertz CT molecular complexity index is 238. The van der Waals surface area contributed by atoms with E-state index in [9.17, 15) is 10.2 Å². The van der Waals surface area contributed by atoms with Crippen LogP contribution in [0.5, 0.6) is 0 Å². The van der Waals surface area contributed by atoms with Crippen LogP contribution in [0.1, 0.15) is 13.8 Å². The van der Waals surface area contributed by atoms with E-state index in [1.54, 1.807) is 26.0 Å². The summed E-state index contributed by atoms with van der Waals surface area (Å²) in [6, 6.07) is 10.1. The van der Waals surface area contributed by atoms with Crippen LogP contribution in [0.2, 0.25) is 0 Å². The van der Waals surface area contributed by atoms with Crippen molar-refractivity contribution >= 4 is 5.69 Å². The highest BCUT2D eigenvalue weighted by Crippen LogP contribution is 2.16. The monoisotopic (exact) mass is 180 g/mol. The summed E-state index contributed by atoms with van der Waals surface area (Å²) in [5, 5.41) is 18.8. The molecule has 2 unspecified atom stereocenters. The number of benzene rings is 1. The standard InChI is InChI=1S/C10H14NO2/c1-8(12)11(9(2)13)10-6-4-3-5-7-10/h3-6,8-9,12-13H,1-2H3. The molecule has 0 aliphatic rings. The van der Waals surface area contributed by atoms with Crippen LogP contribution >= 0.6 is 0 Å². The summed E-state index contributed by atoms with van der Waals surface area (Å²) in [5.74, 6) is 0. The number of anilines is 1. The van der Waals surface area contributed by atoms with Gasteiger partial charge in [-0.1, -0.05) is 18.2 Å². The fourth-order valence-corrected chi connectivity index (χ4v) is 1.26. The third-order valence-electron chi connectivity index (χ3n) is 1.78. The molecule has 2 N–H and O–H groups in total. The van der Waals surface area contributed by atoms with Gasteiger partial charge in [0.15, 0.2) is 0 Å². The molecule has 1 rings (SSSR count). The molecule has 0 aliphatic heterocycles. The minimum absolute atomic E-state index is 0.688. The largest absolute Gasteiger partial charge is 0.374 e. The fourth-order valence-electron chi connectivity index (χ4n) is 1.26. The van der Waals surface area contributed by atoms with Crippen molar-refractivity contribution in [1.82, 2.24) is 0 Å². The van der Waals surface area contributed by atoms with Crippen LogP contribution in [0.4, 0.5) is 5.69 Å². The van der Waals surface area contributed by atoms with Crippen molar-refractivity contribution in [1.29, 1.82) is 0 Å². The zero-order chi connectivity index (χ0) is 9.84. The highest BCUT2D eigenvalue weighted by Gasteiger charge is 2.15. The van der Waals surface area contributed by atoms with Gasteiger partial charge in [-0.25, -0.2) is 0 Å². The van der Waals surface area contributed by atoms with Gasteiger partial charge >= 0.3 is 0 Å². The Morgan fingerprint density at radius 3 is 2.23 bits per heavy atom. The van der Waals surface area contributed by atoms with E-state index < -0.39 is 12.5 Å². The lowest BCUT2D eigenvalue weighted by Gasteiger charge is -2.30. The minimum Gasteiger partial charge on any atom is -0.374 e. The molecule has 3 heteroatoms. The summed E-state index contributed by atoms with van der Waals surface area (Å²) in [5.41, 5.74) is 0.688. The second-order valence-electron chi connectivity index (χ2n) is 2.92. The number of aliphatic hydroxyl groups is 2. The van der Waals surface area contributed by atoms with Crippen molar-refractivity contribution in [2.24, 2.45) is 0 Å². The molecule has 0 spiro atoms. The summed E-state index contributed by atoms with van der Waals surface area (Å²) in [6.07, 6.45) is -1.45. The Balaban J connectivity index is 2.89. The first kappa shape index (κ1) is 10.0. The summed E-state index contributed by atoms with van der Waals surface area (Å²) in [7, 11) is 0. The molecule has 0 heterocycles. The first-order valence-corrected chi connectivity index (χ1v) is 4.24. The second kappa shape index (κ2) is 4.25. The molecule has 0 saturated carbocycles. The third-order valence-corrected chi connectivity index (χ3v) is 1.78. The third kappa shape index (κ3) is 2.44. The number of aliphatic hydroxyl groups excluding tert-OH is 2. The molecule has 0 saturated heterocycles. The van der Waals surface area contributed by atoms with Crippen molar-refractivity contribution in [2.75, 3.05) is 4.90 Å². The molecule has 3 nitrogen and oxygen atoms in total. The number of hydrogen-bond acceptors (Lipinski definition) is 3. The summed E-state index contributed by atoms with van der Waals surface area (Å²) < 4.78 is 0. The van der Waals surface area contributed by atoms with E-state index >= 15 is 0 Å². The van der Waals surface area contributed by atoms with Crippen molar-refractivity contribution < 1.29 is 10.2 Å². The lowest BCUT2D eigenvalue weighted by atomic mass is 10.2. The SMILES string of the molecule is CC(O)N(c1[c]cccc1)C(C)O. The van der Waals surface area contributed by atoms with Gasteiger partial charge in [0.1, 0.15) is 12.5 Å². The van der Waals surface area contributed by atoms with Crippen molar-refractivity contribution in [2.45, 2.75) is 26.3 Å². The van der Waals surface area contributed by atoms with Crippen LogP contribution in [-0.2, 0) is 0 Å². The van der Waals surface area contributed by atoms with Crippen molar-refractivity contribution in [3.8, 4) is 0 Å². The zero-order valence-corrected chi connectivity index (χ0v) is 7.81. The van der Waals surface area contributed by atoms with Crippen LogP contribution in [-0.4, -0.2) is 22.7 Å². The van der Waals surface area contributed by atoms with Crippen molar-refractivity contribution in [3.63, 3.8) is 0 Å². The van der Waals surface area contributed by atoms with Crippen molar-refractivity contribution in [3.05, 3.63) is 30.3 Å². The Morgan fingerprint density at radius 2 is 1.85 bits per heavy atom. The van der Waals surface area contributed by atoms with E-state index in [4.69, 9.17) is 0 Å². The topological polar surface area (TPSA) is 43.7 Å². The first-order chi connectivity index (χ1) is 6.13. The molecule has 1 aromatic carbocycles. The van der Waals surface area contributed by atoms with E-state index in [1.165, 1.54) is 4.90 Å². The second-order valence-corrected chi connectivity index (χ2v) is 2.92. The molecule has 0 bridgehead atoms.